The Hall–Kier alpha value is -2.68. The third-order valence-corrected chi connectivity index (χ3v) is 3.16. The monoisotopic (exact) mass is 264 g/mol. The van der Waals surface area contributed by atoms with E-state index in [2.05, 4.69) is 17.4 Å². The van der Waals surface area contributed by atoms with Gasteiger partial charge in [-0.1, -0.05) is 42.5 Å². The normalized spacial score (nSPS) is 10.4. The molecule has 3 aromatic rings. The topological polar surface area (TPSA) is 47.3 Å². The Morgan fingerprint density at radius 3 is 2.25 bits per heavy atom. The van der Waals surface area contributed by atoms with Crippen molar-refractivity contribution >= 4 is 22.1 Å². The number of nitrogen functional groups attached to an aromatic ring is 1. The number of nitrogens with two attached hydrogens (primary N) is 1. The molecule has 3 heteroatoms. The van der Waals surface area contributed by atoms with Crippen molar-refractivity contribution in [1.29, 1.82) is 0 Å². The van der Waals surface area contributed by atoms with Gasteiger partial charge in [0.25, 0.3) is 0 Å². The minimum absolute atomic E-state index is 0.382. The zero-order valence-electron chi connectivity index (χ0n) is 11.0. The molecule has 0 aliphatic carbocycles. The molecule has 0 amide bonds. The Balaban J connectivity index is 1.72. The van der Waals surface area contributed by atoms with Crippen molar-refractivity contribution in [2.45, 2.75) is 0 Å². The molecule has 0 bridgehead atoms. The molecule has 0 aromatic heterocycles. The molecule has 3 nitrogen and oxygen atoms in total. The molecular formula is C17H16N2O. The molecule has 100 valence electrons. The van der Waals surface area contributed by atoms with Crippen LogP contribution in [-0.2, 0) is 0 Å². The van der Waals surface area contributed by atoms with Gasteiger partial charge in [0, 0.05) is 0 Å². The number of rotatable bonds is 4. The average Bonchev–Trinajstić information content (AvgIpc) is 2.49. The van der Waals surface area contributed by atoms with Gasteiger partial charge in [0.15, 0.2) is 6.73 Å². The third kappa shape index (κ3) is 2.67. The lowest BCUT2D eigenvalue weighted by molar-refractivity contribution is 0.347. The molecule has 0 unspecified atom stereocenters. The second kappa shape index (κ2) is 5.53. The smallest absolute Gasteiger partial charge is 0.159 e. The van der Waals surface area contributed by atoms with Gasteiger partial charge in [-0.15, -0.1) is 0 Å². The number of ether oxygens (including phenoxy) is 1. The lowest BCUT2D eigenvalue weighted by Gasteiger charge is -2.12. The number of benzene rings is 3. The molecule has 0 saturated heterocycles. The molecule has 20 heavy (non-hydrogen) atoms. The molecule has 0 spiro atoms. The molecule has 0 radical (unpaired) electrons. The summed E-state index contributed by atoms with van der Waals surface area (Å²) in [7, 11) is 0. The number of fused-ring (bicyclic) bond motifs is 1. The maximum Gasteiger partial charge on any atom is 0.159 e. The van der Waals surface area contributed by atoms with Gasteiger partial charge in [-0.2, -0.15) is 0 Å². The predicted molar refractivity (Wildman–Crippen MR) is 83.9 cm³/mol. The van der Waals surface area contributed by atoms with E-state index in [9.17, 15) is 0 Å². The first kappa shape index (κ1) is 12.4. The summed E-state index contributed by atoms with van der Waals surface area (Å²) in [6, 6.07) is 21.8. The highest BCUT2D eigenvalue weighted by Crippen LogP contribution is 2.25. The van der Waals surface area contributed by atoms with Crippen molar-refractivity contribution in [3.63, 3.8) is 0 Å². The lowest BCUT2D eigenvalue weighted by atomic mass is 10.1. The van der Waals surface area contributed by atoms with E-state index in [0.29, 0.717) is 6.73 Å². The minimum Gasteiger partial charge on any atom is -0.473 e. The minimum atomic E-state index is 0.382. The Bertz CT molecular complexity index is 711. The van der Waals surface area contributed by atoms with Crippen molar-refractivity contribution in [3.05, 3.63) is 66.7 Å². The number of hydrogen-bond acceptors (Lipinski definition) is 3. The van der Waals surface area contributed by atoms with Crippen LogP contribution in [0.25, 0.3) is 10.8 Å². The highest BCUT2D eigenvalue weighted by atomic mass is 16.5. The standard InChI is InChI=1S/C17H16N2O/c18-16-10-13-6-4-5-7-14(13)11-17(16)19-12-20-15-8-2-1-3-9-15/h1-11,19H,12,18H2. The van der Waals surface area contributed by atoms with Gasteiger partial charge in [-0.25, -0.2) is 0 Å². The highest BCUT2D eigenvalue weighted by molar-refractivity contribution is 5.91. The van der Waals surface area contributed by atoms with E-state index in [1.807, 2.05) is 54.6 Å². The molecule has 0 fully saturated rings. The van der Waals surface area contributed by atoms with E-state index in [1.54, 1.807) is 0 Å². The van der Waals surface area contributed by atoms with E-state index in [0.717, 1.165) is 27.9 Å². The van der Waals surface area contributed by atoms with Gasteiger partial charge in [0.1, 0.15) is 5.75 Å². The summed E-state index contributed by atoms with van der Waals surface area (Å²) in [4.78, 5) is 0. The van der Waals surface area contributed by atoms with Crippen molar-refractivity contribution in [3.8, 4) is 5.75 Å². The predicted octanol–water partition coefficient (Wildman–Crippen LogP) is 3.87. The van der Waals surface area contributed by atoms with Gasteiger partial charge < -0.3 is 15.8 Å². The van der Waals surface area contributed by atoms with Crippen LogP contribution in [0.5, 0.6) is 5.75 Å². The van der Waals surface area contributed by atoms with Gasteiger partial charge in [-0.05, 0) is 35.0 Å². The van der Waals surface area contributed by atoms with E-state index in [1.165, 1.54) is 0 Å². The van der Waals surface area contributed by atoms with E-state index < -0.39 is 0 Å². The summed E-state index contributed by atoms with van der Waals surface area (Å²) in [6.07, 6.45) is 0. The number of hydrogen-bond donors (Lipinski definition) is 2. The molecular weight excluding hydrogens is 248 g/mol. The first-order valence-corrected chi connectivity index (χ1v) is 6.53. The van der Waals surface area contributed by atoms with E-state index in [-0.39, 0.29) is 0 Å². The Labute approximate surface area is 118 Å². The third-order valence-electron chi connectivity index (χ3n) is 3.16. The van der Waals surface area contributed by atoms with Crippen LogP contribution in [0.1, 0.15) is 0 Å². The Morgan fingerprint density at radius 1 is 0.850 bits per heavy atom. The van der Waals surface area contributed by atoms with E-state index in [4.69, 9.17) is 10.5 Å². The zero-order valence-corrected chi connectivity index (χ0v) is 11.0. The fraction of sp³-hybridized carbons (Fsp3) is 0.0588. The summed E-state index contributed by atoms with van der Waals surface area (Å²) in [5, 5.41) is 5.50. The quantitative estimate of drug-likeness (QED) is 0.555. The highest BCUT2D eigenvalue weighted by Gasteiger charge is 2.01. The number of anilines is 2. The molecule has 3 N–H and O–H groups in total. The Morgan fingerprint density at radius 2 is 1.50 bits per heavy atom. The van der Waals surface area contributed by atoms with Crippen molar-refractivity contribution < 1.29 is 4.74 Å². The lowest BCUT2D eigenvalue weighted by Crippen LogP contribution is -2.10. The van der Waals surface area contributed by atoms with Crippen LogP contribution >= 0.6 is 0 Å². The Kier molecular flexibility index (Phi) is 3.42. The summed E-state index contributed by atoms with van der Waals surface area (Å²) >= 11 is 0. The molecule has 0 aliphatic heterocycles. The van der Waals surface area contributed by atoms with Crippen LogP contribution in [0.4, 0.5) is 11.4 Å². The summed E-state index contributed by atoms with van der Waals surface area (Å²) < 4.78 is 5.61. The van der Waals surface area contributed by atoms with Crippen molar-refractivity contribution in [2.75, 3.05) is 17.8 Å². The molecule has 0 aliphatic rings. The van der Waals surface area contributed by atoms with Crippen LogP contribution in [0.2, 0.25) is 0 Å². The van der Waals surface area contributed by atoms with Gasteiger partial charge >= 0.3 is 0 Å². The second-order valence-electron chi connectivity index (χ2n) is 4.57. The SMILES string of the molecule is Nc1cc2ccccc2cc1NCOc1ccccc1. The fourth-order valence-electron chi connectivity index (χ4n) is 2.12. The second-order valence-corrected chi connectivity index (χ2v) is 4.57. The first-order chi connectivity index (χ1) is 9.83. The van der Waals surface area contributed by atoms with Crippen molar-refractivity contribution in [2.24, 2.45) is 0 Å². The van der Waals surface area contributed by atoms with Crippen LogP contribution in [0.3, 0.4) is 0 Å². The summed E-state index contributed by atoms with van der Waals surface area (Å²) in [5.41, 5.74) is 7.66. The molecule has 3 aromatic carbocycles. The number of para-hydroxylation sites is 1. The number of nitrogens with one attached hydrogen (secondary N) is 1. The largest absolute Gasteiger partial charge is 0.473 e. The van der Waals surface area contributed by atoms with Crippen LogP contribution in [-0.4, -0.2) is 6.73 Å². The summed E-state index contributed by atoms with van der Waals surface area (Å²) in [5.74, 6) is 0.833. The zero-order chi connectivity index (χ0) is 13.8. The molecule has 0 atom stereocenters. The van der Waals surface area contributed by atoms with Crippen molar-refractivity contribution in [1.82, 2.24) is 0 Å². The van der Waals surface area contributed by atoms with Crippen LogP contribution in [0.15, 0.2) is 66.7 Å². The maximum absolute atomic E-state index is 6.05. The average molecular weight is 264 g/mol. The van der Waals surface area contributed by atoms with Gasteiger partial charge in [0.05, 0.1) is 11.4 Å². The van der Waals surface area contributed by atoms with Crippen LogP contribution < -0.4 is 15.8 Å². The van der Waals surface area contributed by atoms with E-state index >= 15 is 0 Å². The molecule has 0 saturated carbocycles. The fourth-order valence-corrected chi connectivity index (χ4v) is 2.12. The summed E-state index contributed by atoms with van der Waals surface area (Å²) in [6.45, 7) is 0.382. The van der Waals surface area contributed by atoms with Gasteiger partial charge in [0.2, 0.25) is 0 Å². The molecule has 0 heterocycles. The van der Waals surface area contributed by atoms with Crippen LogP contribution in [0, 0.1) is 0 Å². The maximum atomic E-state index is 6.05. The first-order valence-electron chi connectivity index (χ1n) is 6.53. The molecule has 3 rings (SSSR count). The van der Waals surface area contributed by atoms with Gasteiger partial charge in [-0.3, -0.25) is 0 Å².